The van der Waals surface area contributed by atoms with Gasteiger partial charge >= 0.3 is 0 Å². The van der Waals surface area contributed by atoms with E-state index in [1.165, 1.54) is 43.4 Å². The number of ether oxygens (including phenoxy) is 1. The fourth-order valence-electron chi connectivity index (χ4n) is 3.83. The summed E-state index contributed by atoms with van der Waals surface area (Å²) >= 11 is 0. The van der Waals surface area contributed by atoms with Gasteiger partial charge in [-0.05, 0) is 30.5 Å². The van der Waals surface area contributed by atoms with Gasteiger partial charge < -0.3 is 14.7 Å². The van der Waals surface area contributed by atoms with Crippen LogP contribution in [0, 0.1) is 0 Å². The van der Waals surface area contributed by atoms with Gasteiger partial charge in [-0.1, -0.05) is 31.4 Å². The van der Waals surface area contributed by atoms with Crippen LogP contribution in [0.3, 0.4) is 0 Å². The molecule has 0 unspecified atom stereocenters. The molecule has 23 heavy (non-hydrogen) atoms. The smallest absolute Gasteiger partial charge is 0.0642 e. The van der Waals surface area contributed by atoms with E-state index in [-0.39, 0.29) is 6.61 Å². The molecule has 2 fully saturated rings. The predicted octanol–water partition coefficient (Wildman–Crippen LogP) is 2.65. The lowest BCUT2D eigenvalue weighted by Crippen LogP contribution is -2.38. The minimum Gasteiger partial charge on any atom is -0.395 e. The highest BCUT2D eigenvalue weighted by molar-refractivity contribution is 5.47. The maximum atomic E-state index is 9.40. The number of nitrogens with zero attached hydrogens (tertiary/aromatic N) is 2. The Bertz CT molecular complexity index is 451. The van der Waals surface area contributed by atoms with Crippen molar-refractivity contribution in [2.24, 2.45) is 0 Å². The monoisotopic (exact) mass is 318 g/mol. The van der Waals surface area contributed by atoms with Crippen molar-refractivity contribution in [2.75, 3.05) is 44.4 Å². The number of hydrogen-bond donors (Lipinski definition) is 1. The number of morpholine rings is 1. The molecule has 1 heterocycles. The molecule has 0 spiro atoms. The highest BCUT2D eigenvalue weighted by atomic mass is 16.5. The van der Waals surface area contributed by atoms with E-state index in [0.717, 1.165) is 39.4 Å². The Labute approximate surface area is 140 Å². The van der Waals surface area contributed by atoms with Gasteiger partial charge in [0.2, 0.25) is 0 Å². The summed E-state index contributed by atoms with van der Waals surface area (Å²) in [5.74, 6) is 0. The number of aliphatic hydroxyl groups excluding tert-OH is 1. The molecule has 0 atom stereocenters. The van der Waals surface area contributed by atoms with Gasteiger partial charge in [0.15, 0.2) is 0 Å². The lowest BCUT2D eigenvalue weighted by Gasteiger charge is -2.34. The first-order valence-corrected chi connectivity index (χ1v) is 9.13. The molecule has 1 N–H and O–H groups in total. The van der Waals surface area contributed by atoms with E-state index in [2.05, 4.69) is 34.1 Å². The van der Waals surface area contributed by atoms with E-state index in [1.807, 2.05) is 0 Å². The molecule has 4 nitrogen and oxygen atoms in total. The Morgan fingerprint density at radius 3 is 2.39 bits per heavy atom. The molecule has 1 aliphatic heterocycles. The van der Waals surface area contributed by atoms with Gasteiger partial charge in [-0.15, -0.1) is 0 Å². The SMILES string of the molecule is OCCN(Cc1ccc(N2CCOCC2)cc1)C1CCCCC1. The van der Waals surface area contributed by atoms with E-state index in [1.54, 1.807) is 0 Å². The van der Waals surface area contributed by atoms with Crippen LogP contribution >= 0.6 is 0 Å². The standard InChI is InChI=1S/C19H30N2O2/c22-13-10-21(18-4-2-1-3-5-18)16-17-6-8-19(9-7-17)20-11-14-23-15-12-20/h6-9,18,22H,1-5,10-16H2. The number of hydrogen-bond acceptors (Lipinski definition) is 4. The summed E-state index contributed by atoms with van der Waals surface area (Å²) in [6.45, 7) is 5.62. The molecule has 128 valence electrons. The topological polar surface area (TPSA) is 35.9 Å². The third-order valence-corrected chi connectivity index (χ3v) is 5.18. The van der Waals surface area contributed by atoms with Crippen molar-refractivity contribution in [3.63, 3.8) is 0 Å². The average molecular weight is 318 g/mol. The van der Waals surface area contributed by atoms with Gasteiger partial charge in [0, 0.05) is 37.9 Å². The number of anilines is 1. The lowest BCUT2D eigenvalue weighted by molar-refractivity contribution is 0.117. The highest BCUT2D eigenvalue weighted by Crippen LogP contribution is 2.24. The third-order valence-electron chi connectivity index (χ3n) is 5.18. The zero-order valence-corrected chi connectivity index (χ0v) is 14.1. The minimum absolute atomic E-state index is 0.252. The summed E-state index contributed by atoms with van der Waals surface area (Å²) in [6.07, 6.45) is 6.61. The first kappa shape index (κ1) is 16.7. The minimum atomic E-state index is 0.252. The molecule has 0 radical (unpaired) electrons. The third kappa shape index (κ3) is 4.69. The first-order valence-electron chi connectivity index (χ1n) is 9.13. The van der Waals surface area contributed by atoms with Crippen LogP contribution in [0.4, 0.5) is 5.69 Å². The van der Waals surface area contributed by atoms with Crippen LogP contribution in [0.5, 0.6) is 0 Å². The molecular formula is C19H30N2O2. The van der Waals surface area contributed by atoms with Gasteiger partial charge in [0.25, 0.3) is 0 Å². The van der Waals surface area contributed by atoms with E-state index >= 15 is 0 Å². The van der Waals surface area contributed by atoms with Gasteiger partial charge in [0.05, 0.1) is 19.8 Å². The van der Waals surface area contributed by atoms with Crippen molar-refractivity contribution in [2.45, 2.75) is 44.7 Å². The molecule has 4 heteroatoms. The van der Waals surface area contributed by atoms with Crippen molar-refractivity contribution >= 4 is 5.69 Å². The van der Waals surface area contributed by atoms with E-state index in [0.29, 0.717) is 6.04 Å². The largest absolute Gasteiger partial charge is 0.395 e. The summed E-state index contributed by atoms with van der Waals surface area (Å²) in [6, 6.07) is 9.61. The quantitative estimate of drug-likeness (QED) is 0.875. The van der Waals surface area contributed by atoms with Crippen molar-refractivity contribution in [1.82, 2.24) is 4.90 Å². The van der Waals surface area contributed by atoms with E-state index < -0.39 is 0 Å². The van der Waals surface area contributed by atoms with Crippen molar-refractivity contribution < 1.29 is 9.84 Å². The molecule has 1 saturated heterocycles. The van der Waals surface area contributed by atoms with Gasteiger partial charge in [-0.25, -0.2) is 0 Å². The van der Waals surface area contributed by atoms with Crippen LogP contribution in [0.15, 0.2) is 24.3 Å². The zero-order chi connectivity index (χ0) is 15.9. The van der Waals surface area contributed by atoms with Crippen molar-refractivity contribution in [3.8, 4) is 0 Å². The molecule has 2 aliphatic rings. The summed E-state index contributed by atoms with van der Waals surface area (Å²) in [5.41, 5.74) is 2.64. The molecule has 0 amide bonds. The molecule has 1 aliphatic carbocycles. The van der Waals surface area contributed by atoms with Gasteiger partial charge in [0.1, 0.15) is 0 Å². The van der Waals surface area contributed by atoms with Crippen LogP contribution in [0.1, 0.15) is 37.7 Å². The summed E-state index contributed by atoms with van der Waals surface area (Å²) < 4.78 is 5.42. The lowest BCUT2D eigenvalue weighted by atomic mass is 9.94. The van der Waals surface area contributed by atoms with Crippen LogP contribution in [-0.4, -0.2) is 55.5 Å². The van der Waals surface area contributed by atoms with Crippen molar-refractivity contribution in [3.05, 3.63) is 29.8 Å². The highest BCUT2D eigenvalue weighted by Gasteiger charge is 2.21. The summed E-state index contributed by atoms with van der Waals surface area (Å²) in [5, 5.41) is 9.40. The normalized spacial score (nSPS) is 20.2. The van der Waals surface area contributed by atoms with Gasteiger partial charge in [-0.3, -0.25) is 4.90 Å². The second-order valence-corrected chi connectivity index (χ2v) is 6.75. The fourth-order valence-corrected chi connectivity index (χ4v) is 3.83. The maximum absolute atomic E-state index is 9.40. The van der Waals surface area contributed by atoms with Crippen molar-refractivity contribution in [1.29, 1.82) is 0 Å². The second-order valence-electron chi connectivity index (χ2n) is 6.75. The molecular weight excluding hydrogens is 288 g/mol. The predicted molar refractivity (Wildman–Crippen MR) is 93.8 cm³/mol. The number of aliphatic hydroxyl groups is 1. The molecule has 0 aromatic heterocycles. The molecule has 0 bridgehead atoms. The van der Waals surface area contributed by atoms with Crippen LogP contribution < -0.4 is 4.90 Å². The number of rotatable bonds is 6. The summed E-state index contributed by atoms with van der Waals surface area (Å²) in [7, 11) is 0. The second kappa shape index (κ2) is 8.67. The Hall–Kier alpha value is -1.10. The van der Waals surface area contributed by atoms with E-state index in [4.69, 9.17) is 4.74 Å². The van der Waals surface area contributed by atoms with Crippen LogP contribution in [-0.2, 0) is 11.3 Å². The zero-order valence-electron chi connectivity index (χ0n) is 14.1. The summed E-state index contributed by atoms with van der Waals surface area (Å²) in [4.78, 5) is 4.86. The Kier molecular flexibility index (Phi) is 6.31. The molecule has 1 aromatic carbocycles. The van der Waals surface area contributed by atoms with E-state index in [9.17, 15) is 5.11 Å². The van der Waals surface area contributed by atoms with Gasteiger partial charge in [-0.2, -0.15) is 0 Å². The Balaban J connectivity index is 1.60. The number of benzene rings is 1. The molecule has 1 aromatic rings. The maximum Gasteiger partial charge on any atom is 0.0642 e. The average Bonchev–Trinajstić information content (AvgIpc) is 2.63. The first-order chi connectivity index (χ1) is 11.4. The fraction of sp³-hybridized carbons (Fsp3) is 0.684. The molecule has 1 saturated carbocycles. The Morgan fingerprint density at radius 2 is 1.74 bits per heavy atom. The Morgan fingerprint density at radius 1 is 1.04 bits per heavy atom. The van der Waals surface area contributed by atoms with Crippen LogP contribution in [0.2, 0.25) is 0 Å². The van der Waals surface area contributed by atoms with Crippen LogP contribution in [0.25, 0.3) is 0 Å². The molecule has 3 rings (SSSR count).